The fraction of sp³-hybridized carbons (Fsp3) is 0.167. The van der Waals surface area contributed by atoms with Crippen LogP contribution in [0.3, 0.4) is 0 Å². The highest BCUT2D eigenvalue weighted by molar-refractivity contribution is 7.13. The lowest BCUT2D eigenvalue weighted by atomic mass is 10.4. The average molecular weight is 170 g/mol. The SMILES string of the molecule is NC(=O)Cc1ncc(C=O)s1. The van der Waals surface area contributed by atoms with Gasteiger partial charge in [-0.25, -0.2) is 4.98 Å². The van der Waals surface area contributed by atoms with Crippen LogP contribution < -0.4 is 5.73 Å². The zero-order valence-corrected chi connectivity index (χ0v) is 6.43. The number of hydrogen-bond donors (Lipinski definition) is 1. The molecule has 11 heavy (non-hydrogen) atoms. The summed E-state index contributed by atoms with van der Waals surface area (Å²) >= 11 is 1.18. The molecular weight excluding hydrogens is 164 g/mol. The van der Waals surface area contributed by atoms with E-state index in [0.717, 1.165) is 0 Å². The highest BCUT2D eigenvalue weighted by Gasteiger charge is 2.03. The number of primary amides is 1. The van der Waals surface area contributed by atoms with Crippen LogP contribution in [0.4, 0.5) is 0 Å². The maximum absolute atomic E-state index is 10.4. The summed E-state index contributed by atoms with van der Waals surface area (Å²) in [6.07, 6.45) is 2.23. The van der Waals surface area contributed by atoms with Crippen molar-refractivity contribution < 1.29 is 9.59 Å². The van der Waals surface area contributed by atoms with Crippen molar-refractivity contribution in [3.05, 3.63) is 16.1 Å². The van der Waals surface area contributed by atoms with E-state index >= 15 is 0 Å². The monoisotopic (exact) mass is 170 g/mol. The second kappa shape index (κ2) is 3.25. The molecule has 0 radical (unpaired) electrons. The molecule has 1 amide bonds. The molecule has 0 saturated carbocycles. The zero-order chi connectivity index (χ0) is 8.27. The van der Waals surface area contributed by atoms with Crippen molar-refractivity contribution in [2.75, 3.05) is 0 Å². The van der Waals surface area contributed by atoms with Crippen LogP contribution in [0, 0.1) is 0 Å². The molecular formula is C6H6N2O2S. The zero-order valence-electron chi connectivity index (χ0n) is 5.61. The number of thiazole rings is 1. The fourth-order valence-corrected chi connectivity index (χ4v) is 1.36. The third kappa shape index (κ3) is 2.12. The molecule has 0 fully saturated rings. The normalized spacial score (nSPS) is 9.45. The van der Waals surface area contributed by atoms with Crippen molar-refractivity contribution >= 4 is 23.5 Å². The largest absolute Gasteiger partial charge is 0.369 e. The summed E-state index contributed by atoms with van der Waals surface area (Å²) in [4.78, 5) is 24.9. The molecule has 0 aliphatic rings. The van der Waals surface area contributed by atoms with E-state index in [0.29, 0.717) is 16.2 Å². The van der Waals surface area contributed by atoms with Gasteiger partial charge in [0.1, 0.15) is 5.01 Å². The molecule has 0 aliphatic heterocycles. The lowest BCUT2D eigenvalue weighted by Crippen LogP contribution is -2.13. The topological polar surface area (TPSA) is 73.1 Å². The number of carbonyl (C=O) groups excluding carboxylic acids is 2. The Bertz CT molecular complexity index is 282. The first-order valence-corrected chi connectivity index (χ1v) is 3.72. The molecule has 0 saturated heterocycles. The Balaban J connectivity index is 2.72. The number of amides is 1. The van der Waals surface area contributed by atoms with E-state index in [2.05, 4.69) is 4.98 Å². The van der Waals surface area contributed by atoms with Crippen LogP contribution in [0.15, 0.2) is 6.20 Å². The van der Waals surface area contributed by atoms with E-state index in [9.17, 15) is 9.59 Å². The number of aldehydes is 1. The van der Waals surface area contributed by atoms with Gasteiger partial charge in [0.25, 0.3) is 0 Å². The summed E-state index contributed by atoms with van der Waals surface area (Å²) in [6.45, 7) is 0. The van der Waals surface area contributed by atoms with Crippen LogP contribution >= 0.6 is 11.3 Å². The Kier molecular flexibility index (Phi) is 2.32. The lowest BCUT2D eigenvalue weighted by molar-refractivity contribution is -0.117. The molecule has 0 aliphatic carbocycles. The first kappa shape index (κ1) is 7.87. The number of rotatable bonds is 3. The first-order chi connectivity index (χ1) is 5.22. The summed E-state index contributed by atoms with van der Waals surface area (Å²) in [5.74, 6) is -0.434. The van der Waals surface area contributed by atoms with Gasteiger partial charge in [-0.1, -0.05) is 0 Å². The van der Waals surface area contributed by atoms with Crippen LogP contribution in [-0.2, 0) is 11.2 Å². The predicted molar refractivity (Wildman–Crippen MR) is 40.4 cm³/mol. The van der Waals surface area contributed by atoms with Crippen LogP contribution in [0.25, 0.3) is 0 Å². The van der Waals surface area contributed by atoms with Crippen molar-refractivity contribution in [1.82, 2.24) is 4.98 Å². The Morgan fingerprint density at radius 1 is 1.82 bits per heavy atom. The van der Waals surface area contributed by atoms with Crippen molar-refractivity contribution in [2.45, 2.75) is 6.42 Å². The summed E-state index contributed by atoms with van der Waals surface area (Å²) in [5, 5.41) is 0.583. The summed E-state index contributed by atoms with van der Waals surface area (Å²) in [6, 6.07) is 0. The highest BCUT2D eigenvalue weighted by Crippen LogP contribution is 2.10. The standard InChI is InChI=1S/C6H6N2O2S/c7-5(10)1-6-8-2-4(3-9)11-6/h2-3H,1H2,(H2,7,10). The predicted octanol–water partition coefficient (Wildman–Crippen LogP) is -0.0166. The molecule has 5 heteroatoms. The van der Waals surface area contributed by atoms with Gasteiger partial charge in [0.15, 0.2) is 6.29 Å². The van der Waals surface area contributed by atoms with Crippen molar-refractivity contribution in [1.29, 1.82) is 0 Å². The Morgan fingerprint density at radius 3 is 3.00 bits per heavy atom. The first-order valence-electron chi connectivity index (χ1n) is 2.90. The maximum Gasteiger partial charge on any atom is 0.224 e. The molecule has 0 spiro atoms. The van der Waals surface area contributed by atoms with Gasteiger partial charge in [-0.15, -0.1) is 11.3 Å². The second-order valence-electron chi connectivity index (χ2n) is 1.92. The number of aromatic nitrogens is 1. The van der Waals surface area contributed by atoms with Crippen molar-refractivity contribution in [2.24, 2.45) is 5.73 Å². The van der Waals surface area contributed by atoms with Gasteiger partial charge in [0.05, 0.1) is 11.3 Å². The van der Waals surface area contributed by atoms with Gasteiger partial charge in [-0.3, -0.25) is 9.59 Å². The third-order valence-corrected chi connectivity index (χ3v) is 1.94. The van der Waals surface area contributed by atoms with Crippen molar-refractivity contribution in [3.8, 4) is 0 Å². The van der Waals surface area contributed by atoms with E-state index in [1.807, 2.05) is 0 Å². The summed E-state index contributed by atoms with van der Waals surface area (Å²) in [5.41, 5.74) is 4.91. The van der Waals surface area contributed by atoms with Crippen LogP contribution in [0.2, 0.25) is 0 Å². The minimum Gasteiger partial charge on any atom is -0.369 e. The van der Waals surface area contributed by atoms with E-state index in [-0.39, 0.29) is 6.42 Å². The Hall–Kier alpha value is -1.23. The number of nitrogens with zero attached hydrogens (tertiary/aromatic N) is 1. The molecule has 4 nitrogen and oxygen atoms in total. The summed E-state index contributed by atoms with van der Waals surface area (Å²) < 4.78 is 0. The molecule has 0 bridgehead atoms. The molecule has 0 aromatic carbocycles. The lowest BCUT2D eigenvalue weighted by Gasteiger charge is -1.85. The molecule has 1 aromatic heterocycles. The average Bonchev–Trinajstić information content (AvgIpc) is 2.34. The second-order valence-corrected chi connectivity index (χ2v) is 3.06. The number of nitrogens with two attached hydrogens (primary N) is 1. The van der Waals surface area contributed by atoms with Crippen LogP contribution in [-0.4, -0.2) is 17.2 Å². The Morgan fingerprint density at radius 2 is 2.55 bits per heavy atom. The number of hydrogen-bond acceptors (Lipinski definition) is 4. The van der Waals surface area contributed by atoms with Gasteiger partial charge < -0.3 is 5.73 Å². The molecule has 1 rings (SSSR count). The van der Waals surface area contributed by atoms with Crippen LogP contribution in [0.1, 0.15) is 14.7 Å². The quantitative estimate of drug-likeness (QED) is 0.648. The van der Waals surface area contributed by atoms with E-state index in [1.54, 1.807) is 0 Å². The molecule has 2 N–H and O–H groups in total. The van der Waals surface area contributed by atoms with Gasteiger partial charge in [0, 0.05) is 6.20 Å². The van der Waals surface area contributed by atoms with Gasteiger partial charge >= 0.3 is 0 Å². The smallest absolute Gasteiger partial charge is 0.224 e. The van der Waals surface area contributed by atoms with Gasteiger partial charge in [-0.2, -0.15) is 0 Å². The summed E-state index contributed by atoms with van der Waals surface area (Å²) in [7, 11) is 0. The molecule has 1 heterocycles. The molecule has 1 aromatic rings. The molecule has 0 atom stereocenters. The minimum absolute atomic E-state index is 0.110. The number of carbonyl (C=O) groups is 2. The van der Waals surface area contributed by atoms with Gasteiger partial charge in [0.2, 0.25) is 5.91 Å². The highest BCUT2D eigenvalue weighted by atomic mass is 32.1. The molecule has 0 unspecified atom stereocenters. The van der Waals surface area contributed by atoms with E-state index < -0.39 is 5.91 Å². The van der Waals surface area contributed by atoms with E-state index in [1.165, 1.54) is 17.5 Å². The fourth-order valence-electron chi connectivity index (χ4n) is 0.610. The van der Waals surface area contributed by atoms with E-state index in [4.69, 9.17) is 5.73 Å². The van der Waals surface area contributed by atoms with Crippen LogP contribution in [0.5, 0.6) is 0 Å². The Labute approximate surface area is 67.0 Å². The third-order valence-electron chi connectivity index (χ3n) is 1.01. The maximum atomic E-state index is 10.4. The minimum atomic E-state index is -0.434. The van der Waals surface area contributed by atoms with Crippen molar-refractivity contribution in [3.63, 3.8) is 0 Å². The molecule has 58 valence electrons. The van der Waals surface area contributed by atoms with Gasteiger partial charge in [-0.05, 0) is 0 Å².